The minimum absolute atomic E-state index is 0.0435. The molecule has 1 heterocycles. The van der Waals surface area contributed by atoms with Crippen LogP contribution in [0.5, 0.6) is 0 Å². The Morgan fingerprint density at radius 3 is 2.55 bits per heavy atom. The van der Waals surface area contributed by atoms with Gasteiger partial charge < -0.3 is 10.6 Å². The Balaban J connectivity index is 1.65. The first-order valence-corrected chi connectivity index (χ1v) is 9.81. The second kappa shape index (κ2) is 7.91. The lowest BCUT2D eigenvalue weighted by molar-refractivity contribution is -0.120. The molecule has 6 nitrogen and oxygen atoms in total. The Morgan fingerprint density at radius 2 is 1.86 bits per heavy atom. The first-order valence-electron chi connectivity index (χ1n) is 9.81. The highest BCUT2D eigenvalue weighted by Crippen LogP contribution is 2.27. The first kappa shape index (κ1) is 18.9. The second-order valence-electron chi connectivity index (χ2n) is 7.51. The van der Waals surface area contributed by atoms with E-state index in [1.165, 1.54) is 0 Å². The highest BCUT2D eigenvalue weighted by Gasteiger charge is 2.24. The topological polar surface area (TPSA) is 76.0 Å². The van der Waals surface area contributed by atoms with Crippen LogP contribution >= 0.6 is 0 Å². The molecule has 2 amide bonds. The summed E-state index contributed by atoms with van der Waals surface area (Å²) in [5, 5.41) is 10.3. The van der Waals surface area contributed by atoms with Crippen molar-refractivity contribution in [1.82, 2.24) is 20.4 Å². The summed E-state index contributed by atoms with van der Waals surface area (Å²) < 4.78 is 1.70. The number of para-hydroxylation sites is 1. The van der Waals surface area contributed by atoms with Crippen molar-refractivity contribution >= 4 is 11.8 Å². The second-order valence-corrected chi connectivity index (χ2v) is 7.51. The zero-order chi connectivity index (χ0) is 20.4. The van der Waals surface area contributed by atoms with Gasteiger partial charge in [-0.15, -0.1) is 0 Å². The highest BCUT2D eigenvalue weighted by atomic mass is 16.2. The first-order chi connectivity index (χ1) is 14.0. The molecule has 1 aromatic heterocycles. The quantitative estimate of drug-likeness (QED) is 0.681. The summed E-state index contributed by atoms with van der Waals surface area (Å²) in [5.74, 6) is -0.475. The maximum Gasteiger partial charge on any atom is 0.255 e. The Kier molecular flexibility index (Phi) is 5.16. The normalized spacial score (nSPS) is 13.2. The number of benzene rings is 2. The fourth-order valence-corrected chi connectivity index (χ4v) is 3.29. The number of carbonyl (C=O) groups is 2. The number of hydrogen-bond acceptors (Lipinski definition) is 3. The standard InChI is InChI=1S/C23H24N4O2/c1-15-8-11-19(16(2)12-15)22-20(14-27(26-22)18-6-4-3-5-7-18)23(29)24-13-21(28)25-17-9-10-17/h3-8,11-12,14,17H,9-10,13H2,1-2H3,(H,24,29)(H,25,28). The average Bonchev–Trinajstić information content (AvgIpc) is 3.41. The predicted molar refractivity (Wildman–Crippen MR) is 112 cm³/mol. The largest absolute Gasteiger partial charge is 0.352 e. The number of carbonyl (C=O) groups excluding carboxylic acids is 2. The van der Waals surface area contributed by atoms with Gasteiger partial charge >= 0.3 is 0 Å². The average molecular weight is 388 g/mol. The summed E-state index contributed by atoms with van der Waals surface area (Å²) in [5.41, 5.74) is 5.01. The maximum atomic E-state index is 12.9. The van der Waals surface area contributed by atoms with Gasteiger partial charge in [-0.05, 0) is 44.4 Å². The van der Waals surface area contributed by atoms with Crippen LogP contribution in [0.4, 0.5) is 0 Å². The van der Waals surface area contributed by atoms with Crippen LogP contribution in [0.2, 0.25) is 0 Å². The van der Waals surface area contributed by atoms with Crippen molar-refractivity contribution < 1.29 is 9.59 Å². The molecule has 6 heteroatoms. The van der Waals surface area contributed by atoms with Crippen LogP contribution in [0.3, 0.4) is 0 Å². The molecule has 0 radical (unpaired) electrons. The molecular formula is C23H24N4O2. The summed E-state index contributed by atoms with van der Waals surface area (Å²) in [7, 11) is 0. The number of nitrogens with zero attached hydrogens (tertiary/aromatic N) is 2. The molecule has 0 atom stereocenters. The van der Waals surface area contributed by atoms with E-state index >= 15 is 0 Å². The van der Waals surface area contributed by atoms with E-state index in [1.807, 2.05) is 56.3 Å². The Bertz CT molecular complexity index is 1050. The minimum Gasteiger partial charge on any atom is -0.352 e. The number of amides is 2. The van der Waals surface area contributed by atoms with Crippen molar-refractivity contribution in [3.8, 4) is 16.9 Å². The monoisotopic (exact) mass is 388 g/mol. The molecule has 2 aromatic carbocycles. The predicted octanol–water partition coefficient (Wildman–Crippen LogP) is 3.16. The third-order valence-corrected chi connectivity index (χ3v) is 4.97. The molecule has 1 aliphatic rings. The molecule has 1 saturated carbocycles. The maximum absolute atomic E-state index is 12.9. The van der Waals surface area contributed by atoms with Crippen molar-refractivity contribution in [3.05, 3.63) is 71.4 Å². The van der Waals surface area contributed by atoms with Crippen LogP contribution in [0, 0.1) is 13.8 Å². The van der Waals surface area contributed by atoms with Gasteiger partial charge in [-0.3, -0.25) is 9.59 Å². The van der Waals surface area contributed by atoms with Crippen LogP contribution in [0.15, 0.2) is 54.7 Å². The molecule has 29 heavy (non-hydrogen) atoms. The van der Waals surface area contributed by atoms with Gasteiger partial charge in [-0.25, -0.2) is 4.68 Å². The van der Waals surface area contributed by atoms with Gasteiger partial charge in [0.15, 0.2) is 0 Å². The van der Waals surface area contributed by atoms with Crippen LogP contribution in [0.1, 0.15) is 34.3 Å². The summed E-state index contributed by atoms with van der Waals surface area (Å²) in [4.78, 5) is 24.9. The molecule has 148 valence electrons. The summed E-state index contributed by atoms with van der Waals surface area (Å²) >= 11 is 0. The van der Waals surface area contributed by atoms with Crippen molar-refractivity contribution in [3.63, 3.8) is 0 Å². The van der Waals surface area contributed by atoms with E-state index in [9.17, 15) is 9.59 Å². The van der Waals surface area contributed by atoms with Gasteiger partial charge in [0.2, 0.25) is 5.91 Å². The van der Waals surface area contributed by atoms with Gasteiger partial charge in [0.25, 0.3) is 5.91 Å². The van der Waals surface area contributed by atoms with Crippen LogP contribution < -0.4 is 10.6 Å². The van der Waals surface area contributed by atoms with Crippen LogP contribution in [0.25, 0.3) is 16.9 Å². The molecule has 3 aromatic rings. The van der Waals surface area contributed by atoms with E-state index in [2.05, 4.69) is 16.7 Å². The molecule has 0 aliphatic heterocycles. The Labute approximate surface area is 169 Å². The molecule has 2 N–H and O–H groups in total. The van der Waals surface area contributed by atoms with E-state index in [1.54, 1.807) is 10.9 Å². The van der Waals surface area contributed by atoms with E-state index in [0.717, 1.165) is 35.2 Å². The fourth-order valence-electron chi connectivity index (χ4n) is 3.29. The minimum atomic E-state index is -0.312. The van der Waals surface area contributed by atoms with E-state index in [0.29, 0.717) is 11.3 Å². The van der Waals surface area contributed by atoms with Gasteiger partial charge in [0.05, 0.1) is 17.8 Å². The number of aryl methyl sites for hydroxylation is 2. The number of nitrogens with one attached hydrogen (secondary N) is 2. The fraction of sp³-hybridized carbons (Fsp3) is 0.261. The van der Waals surface area contributed by atoms with Crippen molar-refractivity contribution in [2.75, 3.05) is 6.54 Å². The molecule has 0 bridgehead atoms. The molecular weight excluding hydrogens is 364 g/mol. The van der Waals surface area contributed by atoms with Crippen molar-refractivity contribution in [2.24, 2.45) is 0 Å². The number of aromatic nitrogens is 2. The van der Waals surface area contributed by atoms with E-state index < -0.39 is 0 Å². The zero-order valence-electron chi connectivity index (χ0n) is 16.6. The van der Waals surface area contributed by atoms with Crippen molar-refractivity contribution in [2.45, 2.75) is 32.7 Å². The molecule has 0 saturated heterocycles. The van der Waals surface area contributed by atoms with Gasteiger partial charge in [-0.2, -0.15) is 5.10 Å². The van der Waals surface area contributed by atoms with E-state index in [-0.39, 0.29) is 24.4 Å². The van der Waals surface area contributed by atoms with Crippen LogP contribution in [-0.2, 0) is 4.79 Å². The smallest absolute Gasteiger partial charge is 0.255 e. The van der Waals surface area contributed by atoms with Crippen molar-refractivity contribution in [1.29, 1.82) is 0 Å². The number of hydrogen-bond donors (Lipinski definition) is 2. The molecule has 4 rings (SSSR count). The van der Waals surface area contributed by atoms with Gasteiger partial charge in [0, 0.05) is 17.8 Å². The van der Waals surface area contributed by atoms with Gasteiger partial charge in [0.1, 0.15) is 5.69 Å². The summed E-state index contributed by atoms with van der Waals surface area (Å²) in [6.07, 6.45) is 3.75. The lowest BCUT2D eigenvalue weighted by Crippen LogP contribution is -2.37. The molecule has 0 unspecified atom stereocenters. The molecule has 1 aliphatic carbocycles. The third-order valence-electron chi connectivity index (χ3n) is 4.97. The Hall–Kier alpha value is -3.41. The third kappa shape index (κ3) is 4.37. The van der Waals surface area contributed by atoms with Gasteiger partial charge in [-0.1, -0.05) is 42.0 Å². The molecule has 0 spiro atoms. The summed E-state index contributed by atoms with van der Waals surface area (Å²) in [6, 6.07) is 16.0. The van der Waals surface area contributed by atoms with Crippen LogP contribution in [-0.4, -0.2) is 34.2 Å². The molecule has 1 fully saturated rings. The summed E-state index contributed by atoms with van der Waals surface area (Å²) in [6.45, 7) is 4.00. The zero-order valence-corrected chi connectivity index (χ0v) is 16.6. The number of rotatable bonds is 6. The highest BCUT2D eigenvalue weighted by molar-refractivity contribution is 6.01. The SMILES string of the molecule is Cc1ccc(-c2nn(-c3ccccc3)cc2C(=O)NCC(=O)NC2CC2)c(C)c1. The Morgan fingerprint density at radius 1 is 1.10 bits per heavy atom. The van der Waals surface area contributed by atoms with E-state index in [4.69, 9.17) is 5.10 Å². The lowest BCUT2D eigenvalue weighted by atomic mass is 10.0. The lowest BCUT2D eigenvalue weighted by Gasteiger charge is -2.08.